The van der Waals surface area contributed by atoms with Crippen molar-refractivity contribution in [2.75, 3.05) is 0 Å². The minimum Gasteiger partial charge on any atom is -0.437 e. The number of carbonyl (C=O) groups is 1. The number of ether oxygens (including phenoxy) is 1. The number of carbonyl (C=O) groups excluding carboxylic acids is 1. The summed E-state index contributed by atoms with van der Waals surface area (Å²) in [6, 6.07) is 8.58. The highest BCUT2D eigenvalue weighted by Gasteiger charge is 2.29. The van der Waals surface area contributed by atoms with Crippen LogP contribution in [0.15, 0.2) is 41.3 Å². The number of hydrogen-bond donors (Lipinski definition) is 2. The quantitative estimate of drug-likeness (QED) is 0.246. The first-order valence-corrected chi connectivity index (χ1v) is 14.2. The smallest absolute Gasteiger partial charge is 0.272 e. The Labute approximate surface area is 228 Å². The lowest BCUT2D eigenvalue weighted by Gasteiger charge is -2.17. The molecule has 0 spiro atoms. The number of amides is 1. The topological polar surface area (TPSA) is 145 Å². The molecule has 1 aromatic heterocycles. The molecular formula is C27H35N5O6S. The summed E-state index contributed by atoms with van der Waals surface area (Å²) in [7, 11) is -4.20. The van der Waals surface area contributed by atoms with Crippen molar-refractivity contribution in [3.63, 3.8) is 0 Å². The van der Waals surface area contributed by atoms with Crippen LogP contribution in [0.25, 0.3) is 5.69 Å². The van der Waals surface area contributed by atoms with Gasteiger partial charge in [0, 0.05) is 29.8 Å². The SMILES string of the molecule is CC[C@@H](C)NC(=O)c1nn(-c2cc(C)ccc2C)c(Oc2ccc([N+](=O)[O-])cc2S(=O)(=O)N[C@H](C)CC)c1C. The van der Waals surface area contributed by atoms with E-state index in [2.05, 4.69) is 15.1 Å². The maximum absolute atomic E-state index is 13.3. The fourth-order valence-electron chi connectivity index (χ4n) is 3.74. The van der Waals surface area contributed by atoms with Crippen molar-refractivity contribution in [3.05, 3.63) is 68.9 Å². The van der Waals surface area contributed by atoms with E-state index in [9.17, 15) is 23.3 Å². The van der Waals surface area contributed by atoms with Gasteiger partial charge in [-0.3, -0.25) is 14.9 Å². The summed E-state index contributed by atoms with van der Waals surface area (Å²) in [6.07, 6.45) is 1.23. The number of nitro groups is 1. The standard InChI is InChI=1S/C27H35N5O6S/c1-8-18(5)28-26(33)25-20(7)27(31(29-25)22-14-16(3)10-11-17(22)4)38-23-13-12-21(32(34)35)15-24(23)39(36,37)30-19(6)9-2/h10-15,18-19,30H,8-9H2,1-7H3,(H,28,33)/t18-,19-/m1/s1. The fraction of sp³-hybridized carbons (Fsp3) is 0.407. The van der Waals surface area contributed by atoms with E-state index in [1.54, 1.807) is 13.8 Å². The number of aromatic nitrogens is 2. The molecule has 0 unspecified atom stereocenters. The van der Waals surface area contributed by atoms with Gasteiger partial charge in [-0.2, -0.15) is 9.78 Å². The van der Waals surface area contributed by atoms with Gasteiger partial charge in [-0.25, -0.2) is 13.1 Å². The first kappa shape index (κ1) is 29.8. The lowest BCUT2D eigenvalue weighted by molar-refractivity contribution is -0.385. The van der Waals surface area contributed by atoms with Gasteiger partial charge >= 0.3 is 0 Å². The summed E-state index contributed by atoms with van der Waals surface area (Å²) in [5.41, 5.74) is 2.53. The second kappa shape index (κ2) is 12.0. The van der Waals surface area contributed by atoms with Gasteiger partial charge in [0.2, 0.25) is 15.9 Å². The van der Waals surface area contributed by atoms with Crippen LogP contribution >= 0.6 is 0 Å². The third-order valence-corrected chi connectivity index (χ3v) is 8.08. The molecule has 3 aromatic rings. The number of benzene rings is 2. The van der Waals surface area contributed by atoms with Crippen LogP contribution < -0.4 is 14.8 Å². The largest absolute Gasteiger partial charge is 0.437 e. The molecule has 12 heteroatoms. The Hall–Kier alpha value is -3.77. The lowest BCUT2D eigenvalue weighted by Crippen LogP contribution is -2.32. The predicted molar refractivity (Wildman–Crippen MR) is 148 cm³/mol. The molecule has 0 saturated carbocycles. The summed E-state index contributed by atoms with van der Waals surface area (Å²) in [5, 5.41) is 18.9. The Morgan fingerprint density at radius 3 is 2.36 bits per heavy atom. The van der Waals surface area contributed by atoms with Crippen molar-refractivity contribution in [2.24, 2.45) is 0 Å². The highest BCUT2D eigenvalue weighted by molar-refractivity contribution is 7.89. The van der Waals surface area contributed by atoms with E-state index in [0.717, 1.165) is 23.6 Å². The number of sulfonamides is 1. The zero-order valence-electron chi connectivity index (χ0n) is 23.2. The van der Waals surface area contributed by atoms with Crippen LogP contribution in [-0.4, -0.2) is 41.1 Å². The van der Waals surface area contributed by atoms with Gasteiger partial charge in [-0.05, 0) is 70.7 Å². The Kier molecular flexibility index (Phi) is 9.13. The third-order valence-electron chi connectivity index (χ3n) is 6.47. The van der Waals surface area contributed by atoms with E-state index >= 15 is 0 Å². The average molecular weight is 558 g/mol. The van der Waals surface area contributed by atoms with E-state index < -0.39 is 37.5 Å². The second-order valence-corrected chi connectivity index (χ2v) is 11.4. The van der Waals surface area contributed by atoms with Crippen LogP contribution in [0, 0.1) is 30.9 Å². The van der Waals surface area contributed by atoms with E-state index in [1.807, 2.05) is 52.8 Å². The normalized spacial score (nSPS) is 13.1. The van der Waals surface area contributed by atoms with Crippen LogP contribution in [0.1, 0.15) is 67.7 Å². The molecule has 3 rings (SSSR count). The highest BCUT2D eigenvalue weighted by atomic mass is 32.2. The minimum atomic E-state index is -4.20. The Morgan fingerprint density at radius 1 is 1.08 bits per heavy atom. The van der Waals surface area contributed by atoms with Crippen molar-refractivity contribution >= 4 is 21.6 Å². The van der Waals surface area contributed by atoms with Crippen LogP contribution in [0.3, 0.4) is 0 Å². The van der Waals surface area contributed by atoms with Crippen molar-refractivity contribution in [2.45, 2.75) is 78.3 Å². The zero-order valence-corrected chi connectivity index (χ0v) is 24.0. The van der Waals surface area contributed by atoms with Crippen molar-refractivity contribution in [1.82, 2.24) is 19.8 Å². The molecule has 1 amide bonds. The predicted octanol–water partition coefficient (Wildman–Crippen LogP) is 5.10. The molecule has 1 heterocycles. The van der Waals surface area contributed by atoms with Gasteiger partial charge in [0.25, 0.3) is 11.6 Å². The summed E-state index contributed by atoms with van der Waals surface area (Å²) in [5.74, 6) is -0.419. The van der Waals surface area contributed by atoms with Gasteiger partial charge < -0.3 is 10.1 Å². The Balaban J connectivity index is 2.24. The van der Waals surface area contributed by atoms with E-state index in [4.69, 9.17) is 4.74 Å². The molecule has 2 aromatic carbocycles. The number of rotatable bonds is 11. The Morgan fingerprint density at radius 2 is 1.74 bits per heavy atom. The van der Waals surface area contributed by atoms with Crippen LogP contribution in [0.2, 0.25) is 0 Å². The van der Waals surface area contributed by atoms with Crippen LogP contribution in [0.4, 0.5) is 5.69 Å². The van der Waals surface area contributed by atoms with Crippen LogP contribution in [0.5, 0.6) is 11.6 Å². The van der Waals surface area contributed by atoms with Gasteiger partial charge in [0.15, 0.2) is 5.69 Å². The van der Waals surface area contributed by atoms with Gasteiger partial charge in [0.05, 0.1) is 10.6 Å². The molecule has 0 bridgehead atoms. The zero-order chi connectivity index (χ0) is 29.1. The second-order valence-electron chi connectivity index (χ2n) is 9.68. The van der Waals surface area contributed by atoms with E-state index in [-0.39, 0.29) is 23.4 Å². The number of non-ortho nitro benzene ring substituents is 1. The van der Waals surface area contributed by atoms with Gasteiger partial charge in [-0.15, -0.1) is 0 Å². The maximum atomic E-state index is 13.3. The molecule has 210 valence electrons. The average Bonchev–Trinajstić information content (AvgIpc) is 3.20. The van der Waals surface area contributed by atoms with Crippen molar-refractivity contribution < 1.29 is 22.9 Å². The summed E-state index contributed by atoms with van der Waals surface area (Å²) in [6.45, 7) is 12.8. The molecule has 0 aliphatic rings. The molecule has 2 atom stereocenters. The van der Waals surface area contributed by atoms with Crippen molar-refractivity contribution in [3.8, 4) is 17.3 Å². The number of nitro benzene ring substituents is 1. The fourth-order valence-corrected chi connectivity index (χ4v) is 5.22. The number of nitrogens with zero attached hydrogens (tertiary/aromatic N) is 3. The summed E-state index contributed by atoms with van der Waals surface area (Å²) in [4.78, 5) is 23.5. The summed E-state index contributed by atoms with van der Waals surface area (Å²) >= 11 is 0. The highest BCUT2D eigenvalue weighted by Crippen LogP contribution is 2.36. The van der Waals surface area contributed by atoms with Gasteiger partial charge in [0.1, 0.15) is 10.6 Å². The molecule has 39 heavy (non-hydrogen) atoms. The van der Waals surface area contributed by atoms with E-state index in [0.29, 0.717) is 17.7 Å². The molecule has 0 saturated heterocycles. The molecule has 2 N–H and O–H groups in total. The third kappa shape index (κ3) is 6.63. The monoisotopic (exact) mass is 557 g/mol. The first-order valence-electron chi connectivity index (χ1n) is 12.8. The first-order chi connectivity index (χ1) is 18.3. The molecule has 0 radical (unpaired) electrons. The Bertz CT molecular complexity index is 1500. The molecule has 11 nitrogen and oxygen atoms in total. The van der Waals surface area contributed by atoms with Gasteiger partial charge in [-0.1, -0.05) is 26.0 Å². The minimum absolute atomic E-state index is 0.0924. The number of nitrogens with one attached hydrogen (secondary N) is 2. The maximum Gasteiger partial charge on any atom is 0.272 e. The van der Waals surface area contributed by atoms with E-state index in [1.165, 1.54) is 16.8 Å². The number of aryl methyl sites for hydroxylation is 2. The van der Waals surface area contributed by atoms with Crippen LogP contribution in [-0.2, 0) is 10.0 Å². The molecule has 0 fully saturated rings. The molecule has 0 aliphatic heterocycles. The number of hydrogen-bond acceptors (Lipinski definition) is 7. The van der Waals surface area contributed by atoms with Crippen molar-refractivity contribution in [1.29, 1.82) is 0 Å². The molecular weight excluding hydrogens is 522 g/mol. The summed E-state index contributed by atoms with van der Waals surface area (Å²) < 4.78 is 36.8. The lowest BCUT2D eigenvalue weighted by atomic mass is 10.1. The molecule has 0 aliphatic carbocycles.